The van der Waals surface area contributed by atoms with Crippen molar-refractivity contribution in [2.45, 2.75) is 18.9 Å². The highest BCUT2D eigenvalue weighted by atomic mass is 35.5. The van der Waals surface area contributed by atoms with Crippen molar-refractivity contribution in [2.24, 2.45) is 0 Å². The average Bonchev–Trinajstić information content (AvgIpc) is 3.02. The molecule has 0 bridgehead atoms. The molecule has 0 saturated heterocycles. The van der Waals surface area contributed by atoms with E-state index in [-0.39, 0.29) is 17.9 Å². The van der Waals surface area contributed by atoms with Crippen LogP contribution >= 0.6 is 23.4 Å². The summed E-state index contributed by atoms with van der Waals surface area (Å²) < 4.78 is 18.6. The Bertz CT molecular complexity index is 1110. The Morgan fingerprint density at radius 2 is 1.90 bits per heavy atom. The van der Waals surface area contributed by atoms with Gasteiger partial charge in [0.25, 0.3) is 5.56 Å². The third-order valence-electron chi connectivity index (χ3n) is 4.46. The third kappa shape index (κ3) is 5.23. The molecule has 162 valence electrons. The predicted octanol–water partition coefficient (Wildman–Crippen LogP) is 4.10. The van der Waals surface area contributed by atoms with Crippen LogP contribution in [0.1, 0.15) is 12.1 Å². The van der Waals surface area contributed by atoms with E-state index >= 15 is 0 Å². The van der Waals surface area contributed by atoms with Crippen LogP contribution in [0.3, 0.4) is 0 Å². The SMILES string of the molecule is CSCn1c(Nc2ccc3c(c2)OCCCO3)nnc(COc2ccc(Cl)cc2)c1=O. The molecule has 1 N–H and O–H groups in total. The summed E-state index contributed by atoms with van der Waals surface area (Å²) in [4.78, 5) is 13.0. The lowest BCUT2D eigenvalue weighted by molar-refractivity contribution is 0.296. The van der Waals surface area contributed by atoms with E-state index in [9.17, 15) is 4.79 Å². The molecule has 0 radical (unpaired) electrons. The molecule has 0 amide bonds. The Balaban J connectivity index is 1.55. The number of ether oxygens (including phenoxy) is 3. The van der Waals surface area contributed by atoms with Gasteiger partial charge in [-0.1, -0.05) is 11.6 Å². The largest absolute Gasteiger partial charge is 0.490 e. The zero-order chi connectivity index (χ0) is 21.6. The topological polar surface area (TPSA) is 87.5 Å². The van der Waals surface area contributed by atoms with Gasteiger partial charge < -0.3 is 19.5 Å². The fourth-order valence-electron chi connectivity index (χ4n) is 2.94. The number of halogens is 1. The van der Waals surface area contributed by atoms with Gasteiger partial charge in [0, 0.05) is 23.2 Å². The lowest BCUT2D eigenvalue weighted by Gasteiger charge is -2.15. The first-order valence-electron chi connectivity index (χ1n) is 9.64. The van der Waals surface area contributed by atoms with Gasteiger partial charge in [-0.2, -0.15) is 0 Å². The van der Waals surface area contributed by atoms with Crippen LogP contribution in [-0.2, 0) is 12.5 Å². The summed E-state index contributed by atoms with van der Waals surface area (Å²) in [7, 11) is 0. The van der Waals surface area contributed by atoms with E-state index in [2.05, 4.69) is 15.5 Å². The van der Waals surface area contributed by atoms with E-state index in [1.54, 1.807) is 24.3 Å². The van der Waals surface area contributed by atoms with E-state index < -0.39 is 0 Å². The molecule has 1 aliphatic heterocycles. The number of hydrogen-bond donors (Lipinski definition) is 1. The number of rotatable bonds is 7. The van der Waals surface area contributed by atoms with E-state index in [1.807, 2.05) is 24.5 Å². The second-order valence-corrected chi connectivity index (χ2v) is 7.97. The first kappa shape index (κ1) is 21.3. The van der Waals surface area contributed by atoms with E-state index in [0.717, 1.165) is 12.1 Å². The number of benzene rings is 2. The van der Waals surface area contributed by atoms with Crippen molar-refractivity contribution < 1.29 is 14.2 Å². The smallest absolute Gasteiger partial charge is 0.281 e. The Hall–Kier alpha value is -2.91. The van der Waals surface area contributed by atoms with Crippen LogP contribution in [-0.4, -0.2) is 34.2 Å². The number of aromatic nitrogens is 3. The van der Waals surface area contributed by atoms with E-state index in [4.69, 9.17) is 25.8 Å². The second kappa shape index (κ2) is 9.93. The van der Waals surface area contributed by atoms with Gasteiger partial charge in [0.1, 0.15) is 12.4 Å². The van der Waals surface area contributed by atoms with Crippen LogP contribution in [0.2, 0.25) is 5.02 Å². The van der Waals surface area contributed by atoms with Crippen LogP contribution in [0.4, 0.5) is 11.6 Å². The van der Waals surface area contributed by atoms with Crippen molar-refractivity contribution in [2.75, 3.05) is 24.8 Å². The van der Waals surface area contributed by atoms with Gasteiger partial charge in [0.2, 0.25) is 5.95 Å². The lowest BCUT2D eigenvalue weighted by atomic mass is 10.3. The van der Waals surface area contributed by atoms with E-state index in [0.29, 0.717) is 47.3 Å². The Kier molecular flexibility index (Phi) is 6.83. The maximum Gasteiger partial charge on any atom is 0.281 e. The summed E-state index contributed by atoms with van der Waals surface area (Å²) >= 11 is 7.38. The first-order chi connectivity index (χ1) is 15.1. The normalized spacial score (nSPS) is 12.8. The second-order valence-electron chi connectivity index (χ2n) is 6.70. The maximum atomic E-state index is 13.0. The number of hydrogen-bond acceptors (Lipinski definition) is 8. The molecule has 1 aromatic heterocycles. The molecular weight excluding hydrogens is 440 g/mol. The fraction of sp³-hybridized carbons (Fsp3) is 0.286. The Labute approximate surface area is 188 Å². The van der Waals surface area contributed by atoms with Gasteiger partial charge in [-0.25, -0.2) is 0 Å². The monoisotopic (exact) mass is 460 g/mol. The van der Waals surface area contributed by atoms with Crippen molar-refractivity contribution in [3.8, 4) is 17.2 Å². The van der Waals surface area contributed by atoms with Crippen molar-refractivity contribution in [3.05, 3.63) is 63.5 Å². The predicted molar refractivity (Wildman–Crippen MR) is 121 cm³/mol. The first-order valence-corrected chi connectivity index (χ1v) is 11.4. The molecule has 0 spiro atoms. The molecule has 2 heterocycles. The van der Waals surface area contributed by atoms with Crippen LogP contribution in [0, 0.1) is 0 Å². The number of fused-ring (bicyclic) bond motifs is 1. The fourth-order valence-corrected chi connectivity index (χ4v) is 3.56. The minimum atomic E-state index is -0.268. The molecule has 0 unspecified atom stereocenters. The van der Waals surface area contributed by atoms with Crippen molar-refractivity contribution >= 4 is 35.0 Å². The van der Waals surface area contributed by atoms with Crippen molar-refractivity contribution in [3.63, 3.8) is 0 Å². The summed E-state index contributed by atoms with van der Waals surface area (Å²) in [5.74, 6) is 2.70. The molecule has 31 heavy (non-hydrogen) atoms. The maximum absolute atomic E-state index is 13.0. The molecule has 8 nitrogen and oxygen atoms in total. The molecule has 10 heteroatoms. The minimum absolute atomic E-state index is 0.00610. The van der Waals surface area contributed by atoms with Crippen LogP contribution in [0.15, 0.2) is 47.3 Å². The van der Waals surface area contributed by atoms with Gasteiger partial charge in [-0.15, -0.1) is 22.0 Å². The third-order valence-corrected chi connectivity index (χ3v) is 5.23. The highest BCUT2D eigenvalue weighted by Gasteiger charge is 2.15. The Morgan fingerprint density at radius 3 is 2.68 bits per heavy atom. The van der Waals surface area contributed by atoms with Crippen LogP contribution in [0.5, 0.6) is 17.2 Å². The summed E-state index contributed by atoms with van der Waals surface area (Å²) in [6.07, 6.45) is 2.74. The molecular formula is C21H21ClN4O4S. The molecule has 0 atom stereocenters. The summed E-state index contributed by atoms with van der Waals surface area (Å²) in [6.45, 7) is 1.22. The minimum Gasteiger partial charge on any atom is -0.490 e. The zero-order valence-corrected chi connectivity index (χ0v) is 18.4. The molecule has 0 aliphatic carbocycles. The van der Waals surface area contributed by atoms with Gasteiger partial charge >= 0.3 is 0 Å². The lowest BCUT2D eigenvalue weighted by Crippen LogP contribution is -2.29. The van der Waals surface area contributed by atoms with Crippen molar-refractivity contribution in [1.82, 2.24) is 14.8 Å². The molecule has 3 aromatic rings. The number of nitrogens with one attached hydrogen (secondary N) is 1. The van der Waals surface area contributed by atoms with Gasteiger partial charge in [-0.3, -0.25) is 9.36 Å². The van der Waals surface area contributed by atoms with Crippen molar-refractivity contribution in [1.29, 1.82) is 0 Å². The van der Waals surface area contributed by atoms with Gasteiger partial charge in [0.05, 0.1) is 19.1 Å². The molecule has 0 fully saturated rings. The summed E-state index contributed by atoms with van der Waals surface area (Å²) in [5, 5.41) is 12.1. The number of nitrogens with zero attached hydrogens (tertiary/aromatic N) is 3. The van der Waals surface area contributed by atoms with Crippen LogP contribution in [0.25, 0.3) is 0 Å². The highest BCUT2D eigenvalue weighted by molar-refractivity contribution is 7.97. The van der Waals surface area contributed by atoms with Gasteiger partial charge in [0.15, 0.2) is 17.2 Å². The highest BCUT2D eigenvalue weighted by Crippen LogP contribution is 2.33. The summed E-state index contributed by atoms with van der Waals surface area (Å²) in [6, 6.07) is 12.4. The summed E-state index contributed by atoms with van der Waals surface area (Å²) in [5.41, 5.74) is 0.668. The van der Waals surface area contributed by atoms with Gasteiger partial charge in [-0.05, 0) is 42.7 Å². The quantitative estimate of drug-likeness (QED) is 0.564. The average molecular weight is 461 g/mol. The zero-order valence-electron chi connectivity index (χ0n) is 16.8. The standard InChI is InChI=1S/C21H21ClN4O4S/c1-31-13-26-20(27)17(12-30-16-6-3-14(22)4-7-16)24-25-21(26)23-15-5-8-18-19(11-15)29-10-2-9-28-18/h3-8,11H,2,9-10,12-13H2,1H3,(H,23,25). The van der Waals surface area contributed by atoms with E-state index in [1.165, 1.54) is 16.3 Å². The molecule has 0 saturated carbocycles. The molecule has 2 aromatic carbocycles. The number of anilines is 2. The van der Waals surface area contributed by atoms with Crippen LogP contribution < -0.4 is 25.1 Å². The number of thioether (sulfide) groups is 1. The molecule has 1 aliphatic rings. The Morgan fingerprint density at radius 1 is 1.13 bits per heavy atom. The molecule has 4 rings (SSSR count).